The fourth-order valence-corrected chi connectivity index (χ4v) is 2.55. The number of nitrogens with zero attached hydrogens (tertiary/aromatic N) is 1. The van der Waals surface area contributed by atoms with Crippen LogP contribution in [0.2, 0.25) is 5.02 Å². The van der Waals surface area contributed by atoms with Crippen molar-refractivity contribution in [3.63, 3.8) is 0 Å². The average Bonchev–Trinajstić information content (AvgIpc) is 2.84. The Morgan fingerprint density at radius 3 is 2.88 bits per heavy atom. The van der Waals surface area contributed by atoms with Gasteiger partial charge in [-0.2, -0.15) is 0 Å². The molecule has 0 radical (unpaired) electrons. The van der Waals surface area contributed by atoms with E-state index in [1.54, 1.807) is 6.07 Å². The van der Waals surface area contributed by atoms with Gasteiger partial charge in [-0.15, -0.1) is 0 Å². The first kappa shape index (κ1) is 9.73. The van der Waals surface area contributed by atoms with E-state index in [0.29, 0.717) is 5.88 Å². The number of halogens is 1. The number of aryl methyl sites for hydroxylation is 1. The van der Waals surface area contributed by atoms with Crippen LogP contribution in [0.5, 0.6) is 0 Å². The molecular formula is C12H11ClN2O. The third-order valence-electron chi connectivity index (χ3n) is 2.98. The van der Waals surface area contributed by atoms with E-state index in [0.717, 1.165) is 29.1 Å². The fraction of sp³-hybridized carbons (Fsp3) is 0.250. The van der Waals surface area contributed by atoms with E-state index in [9.17, 15) is 0 Å². The molecule has 0 saturated carbocycles. The van der Waals surface area contributed by atoms with E-state index in [1.807, 2.05) is 12.1 Å². The number of fused-ring (bicyclic) bond motifs is 1. The van der Waals surface area contributed by atoms with Crippen molar-refractivity contribution in [3.8, 4) is 11.3 Å². The summed E-state index contributed by atoms with van der Waals surface area (Å²) < 4.78 is 4.90. The second-order valence-corrected chi connectivity index (χ2v) is 4.50. The Hall–Kier alpha value is -1.48. The van der Waals surface area contributed by atoms with E-state index >= 15 is 0 Å². The molecule has 1 aliphatic carbocycles. The topological polar surface area (TPSA) is 52.0 Å². The zero-order chi connectivity index (χ0) is 11.1. The van der Waals surface area contributed by atoms with Crippen molar-refractivity contribution in [2.75, 3.05) is 5.73 Å². The maximum absolute atomic E-state index is 6.10. The lowest BCUT2D eigenvalue weighted by atomic mass is 10.0. The summed E-state index contributed by atoms with van der Waals surface area (Å²) in [5.74, 6) is 0.335. The summed E-state index contributed by atoms with van der Waals surface area (Å²) in [6.07, 6.45) is 3.35. The van der Waals surface area contributed by atoms with Crippen LogP contribution in [0.25, 0.3) is 11.3 Å². The van der Waals surface area contributed by atoms with E-state index in [2.05, 4.69) is 5.16 Å². The number of benzene rings is 1. The molecule has 0 aliphatic heterocycles. The highest BCUT2D eigenvalue weighted by molar-refractivity contribution is 6.31. The molecule has 2 N–H and O–H groups in total. The van der Waals surface area contributed by atoms with Gasteiger partial charge in [-0.05, 0) is 42.5 Å². The van der Waals surface area contributed by atoms with Gasteiger partial charge in [0.1, 0.15) is 5.69 Å². The SMILES string of the molecule is Nc1cc(-c2cc(Cl)cc3c2CCC3)no1. The zero-order valence-corrected chi connectivity index (χ0v) is 9.42. The molecule has 0 fully saturated rings. The van der Waals surface area contributed by atoms with Gasteiger partial charge in [0.15, 0.2) is 0 Å². The number of nitrogen functional groups attached to an aromatic ring is 1. The van der Waals surface area contributed by atoms with Crippen molar-refractivity contribution in [2.24, 2.45) is 0 Å². The number of nitrogens with two attached hydrogens (primary N) is 1. The normalized spacial score (nSPS) is 14.1. The molecule has 0 spiro atoms. The van der Waals surface area contributed by atoms with Crippen LogP contribution in [0.15, 0.2) is 22.7 Å². The molecule has 0 amide bonds. The monoisotopic (exact) mass is 234 g/mol. The Morgan fingerprint density at radius 1 is 1.25 bits per heavy atom. The van der Waals surface area contributed by atoms with Crippen LogP contribution in [0.3, 0.4) is 0 Å². The van der Waals surface area contributed by atoms with Crippen LogP contribution in [-0.4, -0.2) is 5.16 Å². The summed E-state index contributed by atoms with van der Waals surface area (Å²) >= 11 is 6.10. The molecular weight excluding hydrogens is 224 g/mol. The first-order valence-electron chi connectivity index (χ1n) is 5.28. The van der Waals surface area contributed by atoms with Crippen LogP contribution in [-0.2, 0) is 12.8 Å². The van der Waals surface area contributed by atoms with Crippen LogP contribution < -0.4 is 5.73 Å². The molecule has 0 unspecified atom stereocenters. The molecule has 16 heavy (non-hydrogen) atoms. The molecule has 1 aromatic heterocycles. The molecule has 1 aliphatic rings. The maximum Gasteiger partial charge on any atom is 0.222 e. The lowest BCUT2D eigenvalue weighted by Crippen LogP contribution is -1.89. The van der Waals surface area contributed by atoms with Gasteiger partial charge in [0.25, 0.3) is 0 Å². The molecule has 3 rings (SSSR count). The third-order valence-corrected chi connectivity index (χ3v) is 3.20. The minimum Gasteiger partial charge on any atom is -0.368 e. The predicted octanol–water partition coefficient (Wildman–Crippen LogP) is 3.07. The molecule has 4 heteroatoms. The van der Waals surface area contributed by atoms with E-state index in [4.69, 9.17) is 21.9 Å². The molecule has 0 atom stereocenters. The summed E-state index contributed by atoms with van der Waals surface area (Å²) in [4.78, 5) is 0. The van der Waals surface area contributed by atoms with E-state index in [1.165, 1.54) is 17.5 Å². The molecule has 1 aromatic carbocycles. The zero-order valence-electron chi connectivity index (χ0n) is 8.66. The number of hydrogen-bond acceptors (Lipinski definition) is 3. The third kappa shape index (κ3) is 1.48. The van der Waals surface area contributed by atoms with Gasteiger partial charge in [0, 0.05) is 16.7 Å². The maximum atomic E-state index is 6.10. The van der Waals surface area contributed by atoms with Crippen molar-refractivity contribution in [1.29, 1.82) is 0 Å². The number of rotatable bonds is 1. The minimum absolute atomic E-state index is 0.335. The van der Waals surface area contributed by atoms with Crippen LogP contribution in [0, 0.1) is 0 Å². The van der Waals surface area contributed by atoms with Crippen LogP contribution in [0.4, 0.5) is 5.88 Å². The van der Waals surface area contributed by atoms with E-state index < -0.39 is 0 Å². The first-order chi connectivity index (χ1) is 7.74. The van der Waals surface area contributed by atoms with Gasteiger partial charge in [-0.1, -0.05) is 16.8 Å². The molecule has 2 aromatic rings. The van der Waals surface area contributed by atoms with Crippen molar-refractivity contribution in [3.05, 3.63) is 34.3 Å². The summed E-state index contributed by atoms with van der Waals surface area (Å²) in [6.45, 7) is 0. The number of hydrogen-bond donors (Lipinski definition) is 1. The highest BCUT2D eigenvalue weighted by Gasteiger charge is 2.18. The van der Waals surface area contributed by atoms with Gasteiger partial charge in [0.05, 0.1) is 0 Å². The summed E-state index contributed by atoms with van der Waals surface area (Å²) in [6, 6.07) is 5.71. The quantitative estimate of drug-likeness (QED) is 0.825. The Morgan fingerprint density at radius 2 is 2.12 bits per heavy atom. The smallest absolute Gasteiger partial charge is 0.222 e. The lowest BCUT2D eigenvalue weighted by molar-refractivity contribution is 0.439. The van der Waals surface area contributed by atoms with Gasteiger partial charge < -0.3 is 10.3 Å². The predicted molar refractivity (Wildman–Crippen MR) is 63.4 cm³/mol. The second-order valence-electron chi connectivity index (χ2n) is 4.06. The fourth-order valence-electron chi connectivity index (χ4n) is 2.31. The Balaban J connectivity index is 2.20. The summed E-state index contributed by atoms with van der Waals surface area (Å²) in [5.41, 5.74) is 10.0. The van der Waals surface area contributed by atoms with Crippen molar-refractivity contribution in [1.82, 2.24) is 5.16 Å². The minimum atomic E-state index is 0.335. The Labute approximate surface area is 98.2 Å². The van der Waals surface area contributed by atoms with Crippen molar-refractivity contribution in [2.45, 2.75) is 19.3 Å². The van der Waals surface area contributed by atoms with Crippen molar-refractivity contribution >= 4 is 17.5 Å². The van der Waals surface area contributed by atoms with Gasteiger partial charge in [0.2, 0.25) is 5.88 Å². The largest absolute Gasteiger partial charge is 0.368 e. The van der Waals surface area contributed by atoms with Crippen LogP contribution >= 0.6 is 11.6 Å². The summed E-state index contributed by atoms with van der Waals surface area (Å²) in [5, 5.41) is 4.69. The van der Waals surface area contributed by atoms with Gasteiger partial charge in [-0.25, -0.2) is 0 Å². The average molecular weight is 235 g/mol. The van der Waals surface area contributed by atoms with E-state index in [-0.39, 0.29) is 0 Å². The van der Waals surface area contributed by atoms with Crippen molar-refractivity contribution < 1.29 is 4.52 Å². The first-order valence-corrected chi connectivity index (χ1v) is 5.66. The second kappa shape index (κ2) is 3.52. The number of anilines is 1. The van der Waals surface area contributed by atoms with Crippen LogP contribution in [0.1, 0.15) is 17.5 Å². The molecule has 0 saturated heterocycles. The molecule has 82 valence electrons. The number of aromatic nitrogens is 1. The highest BCUT2D eigenvalue weighted by Crippen LogP contribution is 2.35. The molecule has 3 nitrogen and oxygen atoms in total. The van der Waals surface area contributed by atoms with Gasteiger partial charge in [-0.3, -0.25) is 0 Å². The standard InChI is InChI=1S/C12H11ClN2O/c13-8-4-7-2-1-3-9(7)10(5-8)11-6-12(14)16-15-11/h4-6H,1-3,14H2. The lowest BCUT2D eigenvalue weighted by Gasteiger charge is -2.06. The van der Waals surface area contributed by atoms with Gasteiger partial charge >= 0.3 is 0 Å². The molecule has 1 heterocycles. The Kier molecular flexibility index (Phi) is 2.14. The molecule has 0 bridgehead atoms. The summed E-state index contributed by atoms with van der Waals surface area (Å²) in [7, 11) is 0. The Bertz CT molecular complexity index is 548. The highest BCUT2D eigenvalue weighted by atomic mass is 35.5.